The van der Waals surface area contributed by atoms with Gasteiger partial charge in [-0.15, -0.1) is 0 Å². The van der Waals surface area contributed by atoms with Gasteiger partial charge in [-0.2, -0.15) is 0 Å². The zero-order chi connectivity index (χ0) is 46.9. The third-order valence-electron chi connectivity index (χ3n) is 11.4. The van der Waals surface area contributed by atoms with Crippen LogP contribution in [0.25, 0.3) is 0 Å². The molecule has 0 spiro atoms. The van der Waals surface area contributed by atoms with Crippen molar-refractivity contribution in [1.29, 1.82) is 0 Å². The summed E-state index contributed by atoms with van der Waals surface area (Å²) in [5, 5.41) is 20.8. The van der Waals surface area contributed by atoms with Gasteiger partial charge in [0.25, 0.3) is 0 Å². The van der Waals surface area contributed by atoms with Gasteiger partial charge in [-0.3, -0.25) is 9.98 Å². The lowest BCUT2D eigenvalue weighted by atomic mass is 10.1. The topological polar surface area (TPSA) is 136 Å². The molecule has 4 rings (SSSR count). The van der Waals surface area contributed by atoms with Crippen LogP contribution in [-0.2, 0) is 0 Å². The van der Waals surface area contributed by atoms with Gasteiger partial charge >= 0.3 is 11.9 Å². The van der Waals surface area contributed by atoms with Crippen LogP contribution in [0.1, 0.15) is 187 Å². The van der Waals surface area contributed by atoms with Crippen LogP contribution in [0.15, 0.2) is 94.9 Å². The third kappa shape index (κ3) is 22.0. The van der Waals surface area contributed by atoms with Gasteiger partial charge in [0.15, 0.2) is 0 Å². The molecule has 0 aliphatic rings. The van der Waals surface area contributed by atoms with Gasteiger partial charge < -0.3 is 29.2 Å². The lowest BCUT2D eigenvalue weighted by Gasteiger charge is -2.09. The largest absolute Gasteiger partial charge is 0.507 e. The Balaban J connectivity index is 0.963. The predicted molar refractivity (Wildman–Crippen MR) is 268 cm³/mol. The molecule has 0 unspecified atom stereocenters. The van der Waals surface area contributed by atoms with Crippen LogP contribution in [0.2, 0.25) is 0 Å². The Bertz CT molecular complexity index is 1870. The zero-order valence-corrected chi connectivity index (χ0v) is 39.9. The lowest BCUT2D eigenvalue weighted by molar-refractivity contribution is 0.0724. The average Bonchev–Trinajstić information content (AvgIpc) is 3.32. The van der Waals surface area contributed by atoms with Crippen molar-refractivity contribution >= 4 is 24.4 Å². The minimum absolute atomic E-state index is 0.0254. The number of nitrogens with zero attached hydrogens (tertiary/aromatic N) is 2. The van der Waals surface area contributed by atoms with Crippen molar-refractivity contribution in [1.82, 2.24) is 0 Å². The van der Waals surface area contributed by atoms with Gasteiger partial charge in [-0.05, 0) is 98.5 Å². The number of hydrogen-bond donors (Lipinski definition) is 2. The van der Waals surface area contributed by atoms with Crippen molar-refractivity contribution in [2.75, 3.05) is 26.3 Å². The van der Waals surface area contributed by atoms with E-state index < -0.39 is 11.9 Å². The Morgan fingerprint density at radius 1 is 0.424 bits per heavy atom. The van der Waals surface area contributed by atoms with Crippen LogP contribution in [0.5, 0.6) is 34.5 Å². The first-order valence-electron chi connectivity index (χ1n) is 24.9. The molecule has 66 heavy (non-hydrogen) atoms. The Hall–Kier alpha value is -5.64. The van der Waals surface area contributed by atoms with E-state index in [1.807, 2.05) is 0 Å². The molecule has 0 amide bonds. The molecule has 10 heteroatoms. The van der Waals surface area contributed by atoms with E-state index in [1.165, 1.54) is 115 Å². The number of unbranched alkanes of at least 4 members (excludes halogenated alkanes) is 19. The van der Waals surface area contributed by atoms with Crippen molar-refractivity contribution in [3.05, 3.63) is 107 Å². The molecule has 0 heterocycles. The number of hydrogen-bond acceptors (Lipinski definition) is 10. The van der Waals surface area contributed by atoms with Crippen LogP contribution in [0, 0.1) is 0 Å². The second-order valence-corrected chi connectivity index (χ2v) is 17.1. The molecule has 10 nitrogen and oxygen atoms in total. The summed E-state index contributed by atoms with van der Waals surface area (Å²) >= 11 is 0. The Labute approximate surface area is 394 Å². The van der Waals surface area contributed by atoms with Crippen molar-refractivity contribution in [2.45, 2.75) is 155 Å². The summed E-state index contributed by atoms with van der Waals surface area (Å²) in [5.41, 5.74) is 2.01. The molecule has 0 aromatic heterocycles. The normalized spacial score (nSPS) is 11.4. The molecule has 0 aliphatic heterocycles. The summed E-state index contributed by atoms with van der Waals surface area (Å²) in [6.45, 7) is 7.16. The van der Waals surface area contributed by atoms with E-state index in [4.69, 9.17) is 18.9 Å². The van der Waals surface area contributed by atoms with Gasteiger partial charge in [0.1, 0.15) is 34.5 Å². The Kier molecular flexibility index (Phi) is 26.4. The van der Waals surface area contributed by atoms with Crippen molar-refractivity contribution in [3.63, 3.8) is 0 Å². The molecule has 0 atom stereocenters. The number of carbonyl (C=O) groups excluding carboxylic acids is 2. The quantitative estimate of drug-likeness (QED) is 0.0202. The molecule has 0 saturated carbocycles. The highest BCUT2D eigenvalue weighted by Crippen LogP contribution is 2.26. The molecular formula is C56H76N2O8. The molecule has 0 aliphatic carbocycles. The first kappa shape index (κ1) is 53.0. The SMILES string of the molecule is CCCCCCCCN=Cc1ccc(OC(=O)c2ccc(OCCCCCCCCCCCCOc3ccc(C(=O)Oc4ccc(C=NCCCCCCCC)c(O)c4)cc3)cc2)cc1O. The first-order valence-corrected chi connectivity index (χ1v) is 24.9. The lowest BCUT2D eigenvalue weighted by Crippen LogP contribution is -2.08. The third-order valence-corrected chi connectivity index (χ3v) is 11.4. The number of ether oxygens (including phenoxy) is 4. The fourth-order valence-electron chi connectivity index (χ4n) is 7.39. The number of aliphatic imine (C=N–C) groups is 2. The number of phenolic OH excluding ortho intramolecular Hbond substituents is 2. The van der Waals surface area contributed by atoms with Gasteiger partial charge in [0.2, 0.25) is 0 Å². The van der Waals surface area contributed by atoms with E-state index >= 15 is 0 Å². The molecular weight excluding hydrogens is 829 g/mol. The summed E-state index contributed by atoms with van der Waals surface area (Å²) in [4.78, 5) is 34.3. The highest BCUT2D eigenvalue weighted by molar-refractivity contribution is 5.92. The van der Waals surface area contributed by atoms with Crippen molar-refractivity contribution < 1.29 is 38.7 Å². The smallest absolute Gasteiger partial charge is 0.343 e. The van der Waals surface area contributed by atoms with Crippen LogP contribution in [0.4, 0.5) is 0 Å². The van der Waals surface area contributed by atoms with Crippen LogP contribution < -0.4 is 18.9 Å². The summed E-state index contributed by atoms with van der Waals surface area (Å²) < 4.78 is 22.8. The predicted octanol–water partition coefficient (Wildman–Crippen LogP) is 14.5. The molecule has 4 aromatic carbocycles. The molecule has 0 saturated heterocycles. The summed E-state index contributed by atoms with van der Waals surface area (Å²) in [6, 6.07) is 23.5. The number of rotatable bonds is 35. The summed E-state index contributed by atoms with van der Waals surface area (Å²) in [6.07, 6.45) is 29.3. The van der Waals surface area contributed by atoms with Crippen LogP contribution in [0.3, 0.4) is 0 Å². The van der Waals surface area contributed by atoms with Crippen molar-refractivity contribution in [3.8, 4) is 34.5 Å². The second-order valence-electron chi connectivity index (χ2n) is 17.1. The minimum atomic E-state index is -0.497. The van der Waals surface area contributed by atoms with Crippen LogP contribution in [-0.4, -0.2) is 60.9 Å². The fourth-order valence-corrected chi connectivity index (χ4v) is 7.39. The monoisotopic (exact) mass is 905 g/mol. The fraction of sp³-hybridized carbons (Fsp3) is 0.500. The summed E-state index contributed by atoms with van der Waals surface area (Å²) in [5.74, 6) is 1.04. The highest BCUT2D eigenvalue weighted by atomic mass is 16.5. The van der Waals surface area contributed by atoms with Gasteiger partial charge in [0, 0.05) is 48.8 Å². The van der Waals surface area contributed by atoms with E-state index in [-0.39, 0.29) is 23.0 Å². The van der Waals surface area contributed by atoms with E-state index in [1.54, 1.807) is 85.2 Å². The maximum atomic E-state index is 12.7. The average molecular weight is 905 g/mol. The van der Waals surface area contributed by atoms with Gasteiger partial charge in [0.05, 0.1) is 24.3 Å². The minimum Gasteiger partial charge on any atom is -0.507 e. The maximum absolute atomic E-state index is 12.7. The number of benzene rings is 4. The van der Waals surface area contributed by atoms with E-state index in [0.717, 1.165) is 63.1 Å². The van der Waals surface area contributed by atoms with Crippen molar-refractivity contribution in [2.24, 2.45) is 9.98 Å². The molecule has 358 valence electrons. The number of phenols is 2. The summed E-state index contributed by atoms with van der Waals surface area (Å²) in [7, 11) is 0. The zero-order valence-electron chi connectivity index (χ0n) is 39.9. The van der Waals surface area contributed by atoms with E-state index in [9.17, 15) is 19.8 Å². The molecule has 4 aromatic rings. The molecule has 2 N–H and O–H groups in total. The van der Waals surface area contributed by atoms with Gasteiger partial charge in [-0.25, -0.2) is 9.59 Å². The Morgan fingerprint density at radius 3 is 1.09 bits per heavy atom. The number of aromatic hydroxyl groups is 2. The maximum Gasteiger partial charge on any atom is 0.343 e. The highest BCUT2D eigenvalue weighted by Gasteiger charge is 2.12. The Morgan fingerprint density at radius 2 is 0.742 bits per heavy atom. The second kappa shape index (κ2) is 32.9. The van der Waals surface area contributed by atoms with E-state index in [2.05, 4.69) is 23.8 Å². The first-order chi connectivity index (χ1) is 32.4. The molecule has 0 fully saturated rings. The van der Waals surface area contributed by atoms with Gasteiger partial charge in [-0.1, -0.05) is 129 Å². The standard InChI is InChI=1S/C56H76N2O8/c1-3-5-7-9-17-21-37-57-43-47-29-35-51(41-53(47)59)65-55(61)45-25-31-49(32-26-45)63-39-23-19-15-13-11-12-14-16-20-24-40-64-50-33-27-46(28-34-50)56(62)66-52-36-30-48(54(60)42-52)44-58-38-22-18-10-8-6-4-2/h25-36,41-44,59-60H,3-24,37-40H2,1-2H3. The molecule has 0 radical (unpaired) electrons. The molecule has 0 bridgehead atoms. The number of carbonyl (C=O) groups is 2. The van der Waals surface area contributed by atoms with Crippen LogP contribution >= 0.6 is 0 Å². The van der Waals surface area contributed by atoms with E-state index in [0.29, 0.717) is 35.5 Å². The number of esters is 2.